The molecule has 4 heteroatoms. The van der Waals surface area contributed by atoms with Crippen molar-refractivity contribution < 1.29 is 18.9 Å². The maximum absolute atomic E-state index is 6.00. The predicted octanol–water partition coefficient (Wildman–Crippen LogP) is 2.47. The smallest absolute Gasteiger partial charge is 0.252 e. The summed E-state index contributed by atoms with van der Waals surface area (Å²) >= 11 is 0. The van der Waals surface area contributed by atoms with Crippen molar-refractivity contribution in [2.45, 2.75) is 37.3 Å². The van der Waals surface area contributed by atoms with Gasteiger partial charge in [-0.05, 0) is 12.1 Å². The van der Waals surface area contributed by atoms with Crippen molar-refractivity contribution in [1.29, 1.82) is 0 Å². The number of fused-ring (bicyclic) bond motifs is 1. The van der Waals surface area contributed by atoms with Gasteiger partial charge < -0.3 is 18.9 Å². The van der Waals surface area contributed by atoms with Gasteiger partial charge in [-0.1, -0.05) is 12.1 Å². The van der Waals surface area contributed by atoms with E-state index >= 15 is 0 Å². The van der Waals surface area contributed by atoms with Gasteiger partial charge in [0.25, 0.3) is 5.79 Å². The van der Waals surface area contributed by atoms with Crippen LogP contribution in [0.25, 0.3) is 0 Å². The second-order valence-electron chi connectivity index (χ2n) is 5.17. The zero-order chi connectivity index (χ0) is 12.1. The minimum atomic E-state index is -0.496. The molecular weight excluding hydrogens is 232 g/mol. The molecule has 4 nitrogen and oxygen atoms in total. The first-order chi connectivity index (χ1) is 8.79. The molecule has 18 heavy (non-hydrogen) atoms. The molecule has 1 saturated heterocycles. The van der Waals surface area contributed by atoms with Crippen LogP contribution < -0.4 is 9.47 Å². The molecule has 2 fully saturated rings. The highest BCUT2D eigenvalue weighted by Gasteiger charge is 2.51. The summed E-state index contributed by atoms with van der Waals surface area (Å²) in [6, 6.07) is 7.84. The fraction of sp³-hybridized carbons (Fsp3) is 0.571. The van der Waals surface area contributed by atoms with Gasteiger partial charge in [-0.25, -0.2) is 0 Å². The summed E-state index contributed by atoms with van der Waals surface area (Å²) in [5.74, 6) is 0.834. The quantitative estimate of drug-likeness (QED) is 0.706. The molecule has 0 aromatic heterocycles. The van der Waals surface area contributed by atoms with Crippen LogP contribution in [0.15, 0.2) is 24.3 Å². The molecular formula is C14H16O4. The van der Waals surface area contributed by atoms with Gasteiger partial charge in [0.05, 0.1) is 13.2 Å². The zero-order valence-electron chi connectivity index (χ0n) is 10.2. The molecule has 0 bridgehead atoms. The zero-order valence-corrected chi connectivity index (χ0v) is 10.2. The summed E-state index contributed by atoms with van der Waals surface area (Å²) in [7, 11) is 0. The molecule has 96 valence electrons. The number of benzene rings is 1. The largest absolute Gasteiger partial charge is 0.448 e. The van der Waals surface area contributed by atoms with Gasteiger partial charge in [-0.3, -0.25) is 0 Å². The van der Waals surface area contributed by atoms with Crippen molar-refractivity contribution in [3.63, 3.8) is 0 Å². The first kappa shape index (κ1) is 10.6. The van der Waals surface area contributed by atoms with Gasteiger partial charge in [0.1, 0.15) is 0 Å². The Bertz CT molecular complexity index is 428. The van der Waals surface area contributed by atoms with Crippen molar-refractivity contribution in [3.8, 4) is 11.5 Å². The van der Waals surface area contributed by atoms with E-state index in [-0.39, 0.29) is 5.79 Å². The van der Waals surface area contributed by atoms with Crippen LogP contribution in [-0.2, 0) is 9.47 Å². The van der Waals surface area contributed by atoms with Crippen LogP contribution in [-0.4, -0.2) is 24.8 Å². The molecule has 1 aliphatic carbocycles. The predicted molar refractivity (Wildman–Crippen MR) is 63.5 cm³/mol. The van der Waals surface area contributed by atoms with Crippen LogP contribution in [0.3, 0.4) is 0 Å². The summed E-state index contributed by atoms with van der Waals surface area (Å²) in [6.07, 6.45) is 3.28. The monoisotopic (exact) mass is 248 g/mol. The molecule has 4 rings (SSSR count). The molecule has 2 heterocycles. The number of rotatable bonds is 0. The molecule has 0 N–H and O–H groups in total. The Kier molecular flexibility index (Phi) is 2.14. The lowest BCUT2D eigenvalue weighted by Crippen LogP contribution is -2.48. The third-order valence-electron chi connectivity index (χ3n) is 4.03. The lowest BCUT2D eigenvalue weighted by molar-refractivity contribution is -0.224. The third-order valence-corrected chi connectivity index (χ3v) is 4.03. The average Bonchev–Trinajstić information content (AvgIpc) is 2.99. The van der Waals surface area contributed by atoms with E-state index in [0.717, 1.165) is 37.2 Å². The Morgan fingerprint density at radius 2 is 1.22 bits per heavy atom. The molecule has 1 aromatic carbocycles. The molecule has 0 amide bonds. The molecule has 3 aliphatic rings. The van der Waals surface area contributed by atoms with Gasteiger partial charge in [0.2, 0.25) is 0 Å². The van der Waals surface area contributed by atoms with Gasteiger partial charge >= 0.3 is 0 Å². The first-order valence-corrected chi connectivity index (χ1v) is 6.54. The van der Waals surface area contributed by atoms with E-state index in [2.05, 4.69) is 0 Å². The van der Waals surface area contributed by atoms with Crippen LogP contribution in [0.5, 0.6) is 11.5 Å². The fourth-order valence-corrected chi connectivity index (χ4v) is 3.04. The normalized spacial score (nSPS) is 26.9. The topological polar surface area (TPSA) is 36.9 Å². The Hall–Kier alpha value is -1.26. The number of hydrogen-bond acceptors (Lipinski definition) is 4. The summed E-state index contributed by atoms with van der Waals surface area (Å²) in [6.45, 7) is 1.41. The van der Waals surface area contributed by atoms with E-state index in [0.29, 0.717) is 13.2 Å². The van der Waals surface area contributed by atoms with E-state index in [4.69, 9.17) is 18.9 Å². The molecule has 0 radical (unpaired) electrons. The Morgan fingerprint density at radius 3 is 1.78 bits per heavy atom. The standard InChI is InChI=1S/C14H16O4/c1-2-4-12-11(3-1)17-14(18-12)7-5-13(6-8-14)15-9-10-16-13/h1-4H,5-10H2. The van der Waals surface area contributed by atoms with Crippen LogP contribution in [0.1, 0.15) is 25.7 Å². The van der Waals surface area contributed by atoms with Gasteiger partial charge in [0.15, 0.2) is 17.3 Å². The van der Waals surface area contributed by atoms with E-state index in [9.17, 15) is 0 Å². The van der Waals surface area contributed by atoms with Crippen LogP contribution in [0.4, 0.5) is 0 Å². The number of para-hydroxylation sites is 2. The second-order valence-corrected chi connectivity index (χ2v) is 5.17. The maximum Gasteiger partial charge on any atom is 0.252 e. The molecule has 1 saturated carbocycles. The van der Waals surface area contributed by atoms with Crippen molar-refractivity contribution in [3.05, 3.63) is 24.3 Å². The highest BCUT2D eigenvalue weighted by Crippen LogP contribution is 2.48. The first-order valence-electron chi connectivity index (χ1n) is 6.54. The molecule has 2 spiro atoms. The van der Waals surface area contributed by atoms with Gasteiger partial charge in [-0.15, -0.1) is 0 Å². The molecule has 0 atom stereocenters. The second kappa shape index (κ2) is 3.62. The van der Waals surface area contributed by atoms with Crippen molar-refractivity contribution in [1.82, 2.24) is 0 Å². The van der Waals surface area contributed by atoms with Gasteiger partial charge in [0, 0.05) is 25.7 Å². The van der Waals surface area contributed by atoms with Crippen molar-refractivity contribution in [2.75, 3.05) is 13.2 Å². The van der Waals surface area contributed by atoms with E-state index in [1.165, 1.54) is 0 Å². The minimum Gasteiger partial charge on any atom is -0.448 e. The van der Waals surface area contributed by atoms with Gasteiger partial charge in [-0.2, -0.15) is 0 Å². The third kappa shape index (κ3) is 1.52. The number of ether oxygens (including phenoxy) is 4. The van der Waals surface area contributed by atoms with E-state index < -0.39 is 5.79 Å². The lowest BCUT2D eigenvalue weighted by atomic mass is 9.89. The average molecular weight is 248 g/mol. The van der Waals surface area contributed by atoms with Crippen LogP contribution in [0.2, 0.25) is 0 Å². The Labute approximate surface area is 106 Å². The summed E-state index contributed by atoms with van der Waals surface area (Å²) in [5.41, 5.74) is 0. The van der Waals surface area contributed by atoms with Crippen molar-refractivity contribution in [2.24, 2.45) is 0 Å². The lowest BCUT2D eigenvalue weighted by Gasteiger charge is -2.39. The molecule has 1 aromatic rings. The Balaban J connectivity index is 1.52. The van der Waals surface area contributed by atoms with E-state index in [1.807, 2.05) is 24.3 Å². The SMILES string of the molecule is c1ccc2c(c1)OC1(CCC3(CC1)OCCO3)O2. The highest BCUT2D eigenvalue weighted by molar-refractivity contribution is 5.43. The van der Waals surface area contributed by atoms with Crippen LogP contribution >= 0.6 is 0 Å². The summed E-state index contributed by atoms with van der Waals surface area (Å²) in [4.78, 5) is 0. The molecule has 0 unspecified atom stereocenters. The fourth-order valence-electron chi connectivity index (χ4n) is 3.04. The van der Waals surface area contributed by atoms with E-state index in [1.54, 1.807) is 0 Å². The Morgan fingerprint density at radius 1 is 0.722 bits per heavy atom. The highest BCUT2D eigenvalue weighted by atomic mass is 16.7. The van der Waals surface area contributed by atoms with Crippen molar-refractivity contribution >= 4 is 0 Å². The maximum atomic E-state index is 6.00. The minimum absolute atomic E-state index is 0.368. The molecule has 2 aliphatic heterocycles. The summed E-state index contributed by atoms with van der Waals surface area (Å²) in [5, 5.41) is 0. The summed E-state index contributed by atoms with van der Waals surface area (Å²) < 4.78 is 23.5. The van der Waals surface area contributed by atoms with Crippen LogP contribution in [0, 0.1) is 0 Å². The number of hydrogen-bond donors (Lipinski definition) is 0.